The number of amides is 1. The Labute approximate surface area is 139 Å². The number of ether oxygens (including phenoxy) is 1. The molecule has 5 heteroatoms. The van der Waals surface area contributed by atoms with Crippen LogP contribution in [0.5, 0.6) is 5.75 Å². The molecule has 1 unspecified atom stereocenters. The number of halogens is 1. The lowest BCUT2D eigenvalue weighted by Crippen LogP contribution is -2.32. The first-order valence-corrected chi connectivity index (χ1v) is 7.77. The van der Waals surface area contributed by atoms with Crippen LogP contribution in [-0.4, -0.2) is 24.2 Å². The minimum Gasteiger partial charge on any atom is -0.488 e. The van der Waals surface area contributed by atoms with Gasteiger partial charge in [-0.15, -0.1) is 0 Å². The van der Waals surface area contributed by atoms with Crippen LogP contribution in [0.15, 0.2) is 54.1 Å². The van der Waals surface area contributed by atoms with Gasteiger partial charge in [-0.05, 0) is 36.3 Å². The van der Waals surface area contributed by atoms with Crippen molar-refractivity contribution in [1.82, 2.24) is 5.32 Å². The highest BCUT2D eigenvalue weighted by molar-refractivity contribution is 5.99. The topological polar surface area (TPSA) is 58.6 Å². The van der Waals surface area contributed by atoms with Crippen molar-refractivity contribution in [3.05, 3.63) is 71.0 Å². The van der Waals surface area contributed by atoms with E-state index in [9.17, 15) is 14.3 Å². The minimum absolute atomic E-state index is 0.0383. The minimum atomic E-state index is -0.377. The van der Waals surface area contributed by atoms with Crippen molar-refractivity contribution in [3.63, 3.8) is 0 Å². The van der Waals surface area contributed by atoms with Gasteiger partial charge in [0.05, 0.1) is 11.6 Å². The van der Waals surface area contributed by atoms with Crippen LogP contribution in [0.4, 0.5) is 4.39 Å². The van der Waals surface area contributed by atoms with E-state index in [4.69, 9.17) is 4.74 Å². The zero-order chi connectivity index (χ0) is 16.9. The van der Waals surface area contributed by atoms with Gasteiger partial charge in [0, 0.05) is 12.2 Å². The smallest absolute Gasteiger partial charge is 0.251 e. The molecular weight excluding hydrogens is 309 g/mol. The maximum absolute atomic E-state index is 13.3. The Bertz CT molecular complexity index is 758. The lowest BCUT2D eigenvalue weighted by Gasteiger charge is -2.22. The molecule has 0 spiro atoms. The Morgan fingerprint density at radius 1 is 1.25 bits per heavy atom. The first-order valence-electron chi connectivity index (χ1n) is 7.77. The molecule has 1 aliphatic heterocycles. The second kappa shape index (κ2) is 7.27. The Kier molecular flexibility index (Phi) is 4.91. The fourth-order valence-electron chi connectivity index (χ4n) is 2.67. The summed E-state index contributed by atoms with van der Waals surface area (Å²) in [5, 5.41) is 12.2. The van der Waals surface area contributed by atoms with Gasteiger partial charge in [-0.1, -0.05) is 30.3 Å². The normalized spacial score (nSPS) is 14.2. The third-order valence-electron chi connectivity index (χ3n) is 3.90. The summed E-state index contributed by atoms with van der Waals surface area (Å²) in [6.07, 6.45) is 2.05. The summed E-state index contributed by atoms with van der Waals surface area (Å²) in [5.74, 6) is -0.104. The first kappa shape index (κ1) is 16.2. The van der Waals surface area contributed by atoms with E-state index in [-0.39, 0.29) is 31.0 Å². The largest absolute Gasteiger partial charge is 0.488 e. The van der Waals surface area contributed by atoms with Gasteiger partial charge in [-0.25, -0.2) is 4.39 Å². The third-order valence-corrected chi connectivity index (χ3v) is 3.90. The van der Waals surface area contributed by atoms with E-state index in [0.717, 1.165) is 5.56 Å². The van der Waals surface area contributed by atoms with E-state index in [1.807, 2.05) is 30.3 Å². The van der Waals surface area contributed by atoms with Crippen LogP contribution in [0.3, 0.4) is 0 Å². The molecule has 2 aromatic carbocycles. The molecule has 2 aromatic rings. The van der Waals surface area contributed by atoms with Crippen molar-refractivity contribution in [2.45, 2.75) is 12.5 Å². The molecule has 1 heterocycles. The highest BCUT2D eigenvalue weighted by Gasteiger charge is 2.21. The number of aliphatic hydroxyl groups excluding tert-OH is 1. The molecule has 0 bridgehead atoms. The van der Waals surface area contributed by atoms with Gasteiger partial charge in [-0.2, -0.15) is 0 Å². The summed E-state index contributed by atoms with van der Waals surface area (Å²) >= 11 is 0. The number of aliphatic hydroxyl groups is 1. The van der Waals surface area contributed by atoms with E-state index >= 15 is 0 Å². The predicted molar refractivity (Wildman–Crippen MR) is 88.9 cm³/mol. The number of fused-ring (bicyclic) bond motifs is 1. The number of rotatable bonds is 5. The molecule has 124 valence electrons. The van der Waals surface area contributed by atoms with Crippen LogP contribution in [0.25, 0.3) is 6.08 Å². The summed E-state index contributed by atoms with van der Waals surface area (Å²) in [7, 11) is 0. The second-order valence-electron chi connectivity index (χ2n) is 5.59. The summed E-state index contributed by atoms with van der Waals surface area (Å²) < 4.78 is 18.9. The average molecular weight is 327 g/mol. The fraction of sp³-hybridized carbons (Fsp3) is 0.211. The number of carbonyl (C=O) groups excluding carboxylic acids is 1. The maximum atomic E-state index is 13.3. The van der Waals surface area contributed by atoms with Gasteiger partial charge in [0.2, 0.25) is 0 Å². The molecule has 0 saturated carbocycles. The van der Waals surface area contributed by atoms with Gasteiger partial charge < -0.3 is 15.2 Å². The van der Waals surface area contributed by atoms with E-state index in [2.05, 4.69) is 5.32 Å². The van der Waals surface area contributed by atoms with Crippen molar-refractivity contribution in [3.8, 4) is 5.75 Å². The number of benzene rings is 2. The molecule has 1 atom stereocenters. The molecular formula is C19H18FNO3. The van der Waals surface area contributed by atoms with Crippen molar-refractivity contribution < 1.29 is 19.0 Å². The van der Waals surface area contributed by atoms with Crippen LogP contribution in [0.2, 0.25) is 0 Å². The molecule has 0 radical (unpaired) electrons. The lowest BCUT2D eigenvalue weighted by atomic mass is 10.0. The van der Waals surface area contributed by atoms with Gasteiger partial charge in [0.25, 0.3) is 5.91 Å². The SMILES string of the molecule is O=C(NC(CCO)c1ccccc1)C1=Cc2cc(F)ccc2OC1. The van der Waals surface area contributed by atoms with Crippen LogP contribution in [0.1, 0.15) is 23.6 Å². The zero-order valence-electron chi connectivity index (χ0n) is 13.0. The molecule has 1 amide bonds. The maximum Gasteiger partial charge on any atom is 0.251 e. The molecule has 1 aliphatic rings. The predicted octanol–water partition coefficient (Wildman–Crippen LogP) is 2.84. The Hall–Kier alpha value is -2.66. The highest BCUT2D eigenvalue weighted by atomic mass is 19.1. The van der Waals surface area contributed by atoms with E-state index in [1.54, 1.807) is 12.1 Å². The Morgan fingerprint density at radius 2 is 2.04 bits per heavy atom. The first-order chi connectivity index (χ1) is 11.7. The molecule has 0 fully saturated rings. The third kappa shape index (κ3) is 3.63. The monoisotopic (exact) mass is 327 g/mol. The molecule has 4 nitrogen and oxygen atoms in total. The molecule has 0 saturated heterocycles. The number of nitrogens with one attached hydrogen (secondary N) is 1. The molecule has 0 aliphatic carbocycles. The molecule has 24 heavy (non-hydrogen) atoms. The summed E-state index contributed by atoms with van der Waals surface area (Å²) in [5.41, 5.74) is 1.89. The van der Waals surface area contributed by atoms with Crippen LogP contribution in [0, 0.1) is 5.82 Å². The molecule has 0 aromatic heterocycles. The fourth-order valence-corrected chi connectivity index (χ4v) is 2.67. The highest BCUT2D eigenvalue weighted by Crippen LogP contribution is 2.27. The van der Waals surface area contributed by atoms with Crippen molar-refractivity contribution in [2.75, 3.05) is 13.2 Å². The van der Waals surface area contributed by atoms with E-state index < -0.39 is 0 Å². The van der Waals surface area contributed by atoms with Gasteiger partial charge in [-0.3, -0.25) is 4.79 Å². The molecule has 3 rings (SSSR count). The zero-order valence-corrected chi connectivity index (χ0v) is 13.0. The van der Waals surface area contributed by atoms with Gasteiger partial charge >= 0.3 is 0 Å². The van der Waals surface area contributed by atoms with Crippen molar-refractivity contribution in [2.24, 2.45) is 0 Å². The van der Waals surface area contributed by atoms with Crippen molar-refractivity contribution in [1.29, 1.82) is 0 Å². The number of hydrogen-bond acceptors (Lipinski definition) is 3. The Balaban J connectivity index is 1.78. The van der Waals surface area contributed by atoms with Crippen LogP contribution < -0.4 is 10.1 Å². The quantitative estimate of drug-likeness (QED) is 0.888. The van der Waals surface area contributed by atoms with Crippen molar-refractivity contribution >= 4 is 12.0 Å². The number of hydrogen-bond donors (Lipinski definition) is 2. The average Bonchev–Trinajstić information content (AvgIpc) is 2.61. The number of carbonyl (C=O) groups is 1. The van der Waals surface area contributed by atoms with E-state index in [0.29, 0.717) is 23.3 Å². The molecule has 2 N–H and O–H groups in total. The second-order valence-corrected chi connectivity index (χ2v) is 5.59. The van der Waals surface area contributed by atoms with Crippen LogP contribution >= 0.6 is 0 Å². The van der Waals surface area contributed by atoms with Gasteiger partial charge in [0.15, 0.2) is 0 Å². The summed E-state index contributed by atoms with van der Waals surface area (Å²) in [6, 6.07) is 13.4. The van der Waals surface area contributed by atoms with Gasteiger partial charge in [0.1, 0.15) is 18.2 Å². The lowest BCUT2D eigenvalue weighted by molar-refractivity contribution is -0.118. The standard InChI is InChI=1S/C19H18FNO3/c20-16-6-7-18-14(11-16)10-15(12-24-18)19(23)21-17(8-9-22)13-4-2-1-3-5-13/h1-7,10-11,17,22H,8-9,12H2,(H,21,23). The summed E-state index contributed by atoms with van der Waals surface area (Å²) in [6.45, 7) is 0.0918. The summed E-state index contributed by atoms with van der Waals surface area (Å²) in [4.78, 5) is 12.5. The van der Waals surface area contributed by atoms with Crippen LogP contribution in [-0.2, 0) is 4.79 Å². The Morgan fingerprint density at radius 3 is 2.79 bits per heavy atom. The van der Waals surface area contributed by atoms with E-state index in [1.165, 1.54) is 12.1 Å².